The quantitative estimate of drug-likeness (QED) is 0.837. The molecule has 8 heteroatoms. The lowest BCUT2D eigenvalue weighted by Gasteiger charge is -2.31. The molecule has 0 amide bonds. The van der Waals surface area contributed by atoms with Crippen molar-refractivity contribution in [2.75, 3.05) is 19.4 Å². The third kappa shape index (κ3) is 4.12. The van der Waals surface area contributed by atoms with E-state index in [0.29, 0.717) is 18.0 Å². The van der Waals surface area contributed by atoms with Crippen LogP contribution in [0.4, 0.5) is 0 Å². The van der Waals surface area contributed by atoms with Gasteiger partial charge in [-0.3, -0.25) is 0 Å². The molecule has 112 valence electrons. The first-order valence-corrected chi connectivity index (χ1v) is 8.89. The van der Waals surface area contributed by atoms with Crippen LogP contribution < -0.4 is 5.32 Å². The SMILES string of the molecule is CCC1NCCOC1c1cc(CS(C)(=O)=O)nc(Cl)n1. The summed E-state index contributed by atoms with van der Waals surface area (Å²) in [7, 11) is -3.17. The van der Waals surface area contributed by atoms with Gasteiger partial charge in [-0.25, -0.2) is 18.4 Å². The highest BCUT2D eigenvalue weighted by Crippen LogP contribution is 2.25. The zero-order valence-corrected chi connectivity index (χ0v) is 13.0. The summed E-state index contributed by atoms with van der Waals surface area (Å²) >= 11 is 5.90. The van der Waals surface area contributed by atoms with Crippen molar-refractivity contribution in [3.8, 4) is 0 Å². The highest BCUT2D eigenvalue weighted by atomic mass is 35.5. The summed E-state index contributed by atoms with van der Waals surface area (Å²) in [5.41, 5.74) is 1.02. The Balaban J connectivity index is 2.31. The molecular formula is C12H18ClN3O3S. The topological polar surface area (TPSA) is 81.2 Å². The molecule has 1 aliphatic heterocycles. The largest absolute Gasteiger partial charge is 0.369 e. The van der Waals surface area contributed by atoms with Crippen LogP contribution in [0.1, 0.15) is 30.8 Å². The lowest BCUT2D eigenvalue weighted by atomic mass is 10.0. The highest BCUT2D eigenvalue weighted by Gasteiger charge is 2.27. The second-order valence-corrected chi connectivity index (χ2v) is 7.36. The third-order valence-electron chi connectivity index (χ3n) is 3.08. The first kappa shape index (κ1) is 15.6. The zero-order chi connectivity index (χ0) is 14.8. The average Bonchev–Trinajstić information content (AvgIpc) is 2.36. The number of morpholine rings is 1. The number of sulfone groups is 1. The summed E-state index contributed by atoms with van der Waals surface area (Å²) in [5, 5.41) is 3.40. The van der Waals surface area contributed by atoms with Gasteiger partial charge in [0.05, 0.1) is 23.7 Å². The predicted octanol–water partition coefficient (Wildman–Crippen LogP) is 1.11. The molecule has 2 atom stereocenters. The molecule has 1 aromatic heterocycles. The van der Waals surface area contributed by atoms with Crippen molar-refractivity contribution in [2.45, 2.75) is 31.2 Å². The van der Waals surface area contributed by atoms with Crippen molar-refractivity contribution >= 4 is 21.4 Å². The monoisotopic (exact) mass is 319 g/mol. The fourth-order valence-electron chi connectivity index (χ4n) is 2.28. The van der Waals surface area contributed by atoms with Crippen LogP contribution in [0, 0.1) is 0 Å². The molecule has 1 aliphatic rings. The highest BCUT2D eigenvalue weighted by molar-refractivity contribution is 7.89. The fraction of sp³-hybridized carbons (Fsp3) is 0.667. The van der Waals surface area contributed by atoms with Gasteiger partial charge in [-0.1, -0.05) is 6.92 Å². The molecule has 0 bridgehead atoms. The Morgan fingerprint density at radius 1 is 1.50 bits per heavy atom. The number of rotatable bonds is 4. The van der Waals surface area contributed by atoms with Gasteiger partial charge in [-0.2, -0.15) is 0 Å². The predicted molar refractivity (Wildman–Crippen MR) is 76.4 cm³/mol. The second-order valence-electron chi connectivity index (χ2n) is 4.88. The molecule has 6 nitrogen and oxygen atoms in total. The molecule has 0 saturated carbocycles. The minimum absolute atomic E-state index is 0.0465. The molecule has 1 fully saturated rings. The Labute approximate surface area is 123 Å². The lowest BCUT2D eigenvalue weighted by molar-refractivity contribution is -0.00907. The number of nitrogens with one attached hydrogen (secondary N) is 1. The summed E-state index contributed by atoms with van der Waals surface area (Å²) in [5.74, 6) is -0.154. The van der Waals surface area contributed by atoms with E-state index >= 15 is 0 Å². The van der Waals surface area contributed by atoms with Crippen molar-refractivity contribution in [2.24, 2.45) is 0 Å². The van der Waals surface area contributed by atoms with E-state index in [-0.39, 0.29) is 23.2 Å². The maximum Gasteiger partial charge on any atom is 0.222 e. The van der Waals surface area contributed by atoms with E-state index in [9.17, 15) is 8.42 Å². The van der Waals surface area contributed by atoms with Crippen molar-refractivity contribution in [1.29, 1.82) is 0 Å². The van der Waals surface area contributed by atoms with Crippen LogP contribution in [0.2, 0.25) is 5.28 Å². The summed E-state index contributed by atoms with van der Waals surface area (Å²) in [6, 6.07) is 1.80. The standard InChI is InChI=1S/C12H18ClN3O3S/c1-3-9-11(19-5-4-14-9)10-6-8(7-20(2,17)18)15-12(13)16-10/h6,9,11,14H,3-5,7H2,1-2H3. The van der Waals surface area contributed by atoms with Gasteiger partial charge in [0.15, 0.2) is 9.84 Å². The molecule has 2 rings (SSSR count). The Kier molecular flexibility index (Phi) is 4.95. The number of ether oxygens (including phenoxy) is 1. The maximum atomic E-state index is 11.4. The van der Waals surface area contributed by atoms with E-state index in [2.05, 4.69) is 22.2 Å². The Bertz CT molecular complexity index is 579. The molecule has 20 heavy (non-hydrogen) atoms. The summed E-state index contributed by atoms with van der Waals surface area (Å²) in [6.07, 6.45) is 1.82. The van der Waals surface area contributed by atoms with Crippen LogP contribution in [0.5, 0.6) is 0 Å². The molecule has 0 aromatic carbocycles. The van der Waals surface area contributed by atoms with Crippen molar-refractivity contribution in [1.82, 2.24) is 15.3 Å². The summed E-state index contributed by atoms with van der Waals surface area (Å²) < 4.78 is 28.5. The van der Waals surface area contributed by atoms with Gasteiger partial charge in [-0.15, -0.1) is 0 Å². The number of halogens is 1. The van der Waals surface area contributed by atoms with Gasteiger partial charge in [-0.05, 0) is 24.1 Å². The summed E-state index contributed by atoms with van der Waals surface area (Å²) in [4.78, 5) is 8.14. The maximum absolute atomic E-state index is 11.4. The minimum Gasteiger partial charge on any atom is -0.369 e. The van der Waals surface area contributed by atoms with Crippen LogP contribution in [-0.4, -0.2) is 43.8 Å². The Morgan fingerprint density at radius 3 is 2.90 bits per heavy atom. The van der Waals surface area contributed by atoms with Crippen LogP contribution in [0.25, 0.3) is 0 Å². The van der Waals surface area contributed by atoms with Crippen LogP contribution >= 0.6 is 11.6 Å². The van der Waals surface area contributed by atoms with E-state index in [1.807, 2.05) is 0 Å². The van der Waals surface area contributed by atoms with E-state index in [1.54, 1.807) is 6.07 Å². The smallest absolute Gasteiger partial charge is 0.222 e. The fourth-order valence-corrected chi connectivity index (χ4v) is 3.17. The van der Waals surface area contributed by atoms with E-state index in [4.69, 9.17) is 16.3 Å². The molecule has 2 unspecified atom stereocenters. The van der Waals surface area contributed by atoms with Crippen LogP contribution in [0.3, 0.4) is 0 Å². The number of hydrogen-bond acceptors (Lipinski definition) is 6. The molecular weight excluding hydrogens is 302 g/mol. The first-order valence-electron chi connectivity index (χ1n) is 6.45. The molecule has 1 N–H and O–H groups in total. The van der Waals surface area contributed by atoms with Gasteiger partial charge in [0.1, 0.15) is 6.10 Å². The van der Waals surface area contributed by atoms with Gasteiger partial charge in [0.25, 0.3) is 0 Å². The van der Waals surface area contributed by atoms with Gasteiger partial charge >= 0.3 is 0 Å². The average molecular weight is 320 g/mol. The van der Waals surface area contributed by atoms with Crippen molar-refractivity contribution in [3.05, 3.63) is 22.7 Å². The van der Waals surface area contributed by atoms with E-state index in [1.165, 1.54) is 0 Å². The second kappa shape index (κ2) is 6.34. The molecule has 1 aromatic rings. The van der Waals surface area contributed by atoms with Crippen molar-refractivity contribution in [3.63, 3.8) is 0 Å². The molecule has 0 radical (unpaired) electrons. The van der Waals surface area contributed by atoms with E-state index < -0.39 is 9.84 Å². The number of nitrogens with zero attached hydrogens (tertiary/aromatic N) is 2. The zero-order valence-electron chi connectivity index (χ0n) is 11.5. The van der Waals surface area contributed by atoms with Crippen LogP contribution in [-0.2, 0) is 20.3 Å². The van der Waals surface area contributed by atoms with Gasteiger partial charge in [0, 0.05) is 18.8 Å². The van der Waals surface area contributed by atoms with E-state index in [0.717, 1.165) is 19.2 Å². The molecule has 0 aliphatic carbocycles. The Morgan fingerprint density at radius 2 is 2.25 bits per heavy atom. The van der Waals surface area contributed by atoms with Crippen molar-refractivity contribution < 1.29 is 13.2 Å². The minimum atomic E-state index is -3.17. The van der Waals surface area contributed by atoms with Gasteiger partial charge < -0.3 is 10.1 Å². The first-order chi connectivity index (χ1) is 9.39. The molecule has 2 heterocycles. The number of aromatic nitrogens is 2. The number of hydrogen-bond donors (Lipinski definition) is 1. The third-order valence-corrected chi connectivity index (χ3v) is 4.07. The molecule has 1 saturated heterocycles. The Hall–Kier alpha value is -0.760. The summed E-state index contributed by atoms with van der Waals surface area (Å²) in [6.45, 7) is 3.44. The lowest BCUT2D eigenvalue weighted by Crippen LogP contribution is -2.43. The molecule has 0 spiro atoms. The van der Waals surface area contributed by atoms with Crippen LogP contribution in [0.15, 0.2) is 6.07 Å². The van der Waals surface area contributed by atoms with Gasteiger partial charge in [0.2, 0.25) is 5.28 Å². The normalized spacial score (nSPS) is 23.8.